The second-order valence-corrected chi connectivity index (χ2v) is 6.79. The highest BCUT2D eigenvalue weighted by atomic mass is 19.1. The van der Waals surface area contributed by atoms with Gasteiger partial charge in [0.05, 0.1) is 0 Å². The molecule has 1 aliphatic heterocycles. The number of alkyl halides is 1. The molecule has 1 aliphatic carbocycles. The zero-order chi connectivity index (χ0) is 14.9. The number of hydrogen-bond donors (Lipinski definition) is 0. The molecule has 4 heteroatoms. The summed E-state index contributed by atoms with van der Waals surface area (Å²) in [5.41, 5.74) is 0.141. The topological polar surface area (TPSA) is 29.5 Å². The van der Waals surface area contributed by atoms with Crippen molar-refractivity contribution in [3.05, 3.63) is 35.9 Å². The van der Waals surface area contributed by atoms with E-state index in [-0.39, 0.29) is 11.5 Å². The van der Waals surface area contributed by atoms with E-state index >= 15 is 0 Å². The number of nitrogens with zero attached hydrogens (tertiary/aromatic N) is 1. The summed E-state index contributed by atoms with van der Waals surface area (Å²) in [6, 6.07) is 9.67. The van der Waals surface area contributed by atoms with Gasteiger partial charge in [0.15, 0.2) is 0 Å². The second kappa shape index (κ2) is 5.32. The lowest BCUT2D eigenvalue weighted by Crippen LogP contribution is -2.53. The smallest absolute Gasteiger partial charge is 0.410 e. The summed E-state index contributed by atoms with van der Waals surface area (Å²) in [4.78, 5) is 13.8. The molecule has 1 aromatic rings. The highest BCUT2D eigenvalue weighted by Crippen LogP contribution is 2.56. The monoisotopic (exact) mass is 291 g/mol. The molecule has 2 fully saturated rings. The highest BCUT2D eigenvalue weighted by Gasteiger charge is 2.53. The molecule has 1 saturated heterocycles. The Hall–Kier alpha value is -1.58. The number of amides is 1. The number of carbonyl (C=O) groups is 1. The van der Waals surface area contributed by atoms with E-state index in [1.807, 2.05) is 30.3 Å². The van der Waals surface area contributed by atoms with E-state index in [2.05, 4.69) is 0 Å². The fourth-order valence-electron chi connectivity index (χ4n) is 3.84. The minimum atomic E-state index is -0.990. The fraction of sp³-hybridized carbons (Fsp3) is 0.588. The average molecular weight is 291 g/mol. The Bertz CT molecular complexity index is 497. The molecule has 1 spiro atoms. The molecule has 2 aliphatic rings. The number of benzene rings is 1. The molecule has 1 saturated carbocycles. The van der Waals surface area contributed by atoms with Crippen LogP contribution >= 0.6 is 0 Å². The first-order valence-electron chi connectivity index (χ1n) is 7.63. The molecule has 114 valence electrons. The van der Waals surface area contributed by atoms with Crippen LogP contribution in [0.5, 0.6) is 0 Å². The maximum atomic E-state index is 13.7. The lowest BCUT2D eigenvalue weighted by molar-refractivity contribution is -0.0860. The molecule has 1 amide bonds. The van der Waals surface area contributed by atoms with Gasteiger partial charge in [0.2, 0.25) is 0 Å². The molecular formula is C17H22FNO2. The molecular weight excluding hydrogens is 269 g/mol. The molecule has 0 aromatic heterocycles. The molecule has 0 N–H and O–H groups in total. The van der Waals surface area contributed by atoms with Crippen molar-refractivity contribution >= 4 is 6.09 Å². The molecule has 1 aromatic carbocycles. The van der Waals surface area contributed by atoms with Crippen LogP contribution < -0.4 is 0 Å². The van der Waals surface area contributed by atoms with E-state index in [0.717, 1.165) is 18.4 Å². The van der Waals surface area contributed by atoms with Gasteiger partial charge in [0.1, 0.15) is 12.3 Å². The van der Waals surface area contributed by atoms with Gasteiger partial charge in [-0.2, -0.15) is 0 Å². The van der Waals surface area contributed by atoms with Crippen LogP contribution in [-0.4, -0.2) is 29.8 Å². The fourth-order valence-corrected chi connectivity index (χ4v) is 3.84. The van der Waals surface area contributed by atoms with E-state index < -0.39 is 5.67 Å². The first kappa shape index (κ1) is 14.4. The molecule has 0 atom stereocenters. The summed E-state index contributed by atoms with van der Waals surface area (Å²) in [5.74, 6) is 0. The van der Waals surface area contributed by atoms with Crippen molar-refractivity contribution in [2.75, 3.05) is 13.1 Å². The molecule has 1 heterocycles. The third-order valence-electron chi connectivity index (χ3n) is 4.77. The third kappa shape index (κ3) is 3.20. The lowest BCUT2D eigenvalue weighted by atomic mass is 9.56. The van der Waals surface area contributed by atoms with Gasteiger partial charge < -0.3 is 9.64 Å². The Morgan fingerprint density at radius 2 is 1.86 bits per heavy atom. The van der Waals surface area contributed by atoms with Gasteiger partial charge in [-0.1, -0.05) is 30.3 Å². The minimum absolute atomic E-state index is 0.139. The maximum Gasteiger partial charge on any atom is 0.410 e. The van der Waals surface area contributed by atoms with Gasteiger partial charge in [0, 0.05) is 13.1 Å². The Kier molecular flexibility index (Phi) is 3.64. The van der Waals surface area contributed by atoms with E-state index in [9.17, 15) is 9.18 Å². The predicted octanol–water partition coefficient (Wildman–Crippen LogP) is 3.93. The number of likely N-dealkylation sites (tertiary alicyclic amines) is 1. The Morgan fingerprint density at radius 3 is 2.43 bits per heavy atom. The summed E-state index contributed by atoms with van der Waals surface area (Å²) in [5, 5.41) is 0. The Labute approximate surface area is 125 Å². The quantitative estimate of drug-likeness (QED) is 0.826. The van der Waals surface area contributed by atoms with Crippen LogP contribution in [0, 0.1) is 5.41 Å². The van der Waals surface area contributed by atoms with E-state index in [1.165, 1.54) is 0 Å². The van der Waals surface area contributed by atoms with E-state index in [1.54, 1.807) is 11.8 Å². The van der Waals surface area contributed by atoms with Crippen molar-refractivity contribution in [1.82, 2.24) is 4.90 Å². The number of piperidine rings is 1. The van der Waals surface area contributed by atoms with E-state index in [4.69, 9.17) is 4.74 Å². The highest BCUT2D eigenvalue weighted by molar-refractivity contribution is 5.67. The summed E-state index contributed by atoms with van der Waals surface area (Å²) >= 11 is 0. The standard InChI is InChI=1S/C17H22FNO2/c1-16(18)12-17(13-16)7-9-19(10-8-17)15(20)21-11-14-5-3-2-4-6-14/h2-6H,7-13H2,1H3. The average Bonchev–Trinajstić information content (AvgIpc) is 2.44. The predicted molar refractivity (Wildman–Crippen MR) is 78.6 cm³/mol. The van der Waals surface area contributed by atoms with Crippen LogP contribution in [0.15, 0.2) is 30.3 Å². The second-order valence-electron chi connectivity index (χ2n) is 6.79. The first-order chi connectivity index (χ1) is 9.98. The Balaban J connectivity index is 1.45. The van der Waals surface area contributed by atoms with Crippen molar-refractivity contribution in [3.63, 3.8) is 0 Å². The summed E-state index contributed by atoms with van der Waals surface area (Å²) < 4.78 is 19.0. The van der Waals surface area contributed by atoms with Gasteiger partial charge >= 0.3 is 6.09 Å². The SMILES string of the molecule is CC1(F)CC2(CCN(C(=O)OCc3ccccc3)CC2)C1. The first-order valence-corrected chi connectivity index (χ1v) is 7.63. The number of halogens is 1. The number of carbonyl (C=O) groups excluding carboxylic acids is 1. The van der Waals surface area contributed by atoms with Crippen molar-refractivity contribution in [2.24, 2.45) is 5.41 Å². The van der Waals surface area contributed by atoms with Gasteiger partial charge in [-0.3, -0.25) is 0 Å². The summed E-state index contributed by atoms with van der Waals surface area (Å²) in [7, 11) is 0. The molecule has 21 heavy (non-hydrogen) atoms. The summed E-state index contributed by atoms with van der Waals surface area (Å²) in [6.07, 6.45) is 2.83. The van der Waals surface area contributed by atoms with Gasteiger partial charge in [-0.05, 0) is 43.6 Å². The van der Waals surface area contributed by atoms with Crippen molar-refractivity contribution in [1.29, 1.82) is 0 Å². The zero-order valence-electron chi connectivity index (χ0n) is 12.5. The van der Waals surface area contributed by atoms with Crippen LogP contribution in [-0.2, 0) is 11.3 Å². The molecule has 0 radical (unpaired) electrons. The molecule has 3 rings (SSSR count). The molecule has 0 bridgehead atoms. The third-order valence-corrected chi connectivity index (χ3v) is 4.77. The van der Waals surface area contributed by atoms with Crippen LogP contribution in [0.25, 0.3) is 0 Å². The number of rotatable bonds is 2. The van der Waals surface area contributed by atoms with Crippen molar-refractivity contribution in [3.8, 4) is 0 Å². The normalized spacial score (nSPS) is 22.7. The zero-order valence-corrected chi connectivity index (χ0v) is 12.5. The molecule has 3 nitrogen and oxygen atoms in total. The number of ether oxygens (including phenoxy) is 1. The van der Waals surface area contributed by atoms with Crippen LogP contribution in [0.3, 0.4) is 0 Å². The van der Waals surface area contributed by atoms with Crippen molar-refractivity contribution < 1.29 is 13.9 Å². The van der Waals surface area contributed by atoms with Crippen LogP contribution in [0.4, 0.5) is 9.18 Å². The summed E-state index contributed by atoms with van der Waals surface area (Å²) in [6.45, 7) is 3.36. The van der Waals surface area contributed by atoms with Gasteiger partial charge in [-0.25, -0.2) is 9.18 Å². The molecule has 0 unspecified atom stereocenters. The largest absolute Gasteiger partial charge is 0.445 e. The van der Waals surface area contributed by atoms with E-state index in [0.29, 0.717) is 32.5 Å². The Morgan fingerprint density at radius 1 is 1.24 bits per heavy atom. The lowest BCUT2D eigenvalue weighted by Gasteiger charge is -2.54. The van der Waals surface area contributed by atoms with Gasteiger partial charge in [-0.15, -0.1) is 0 Å². The maximum absolute atomic E-state index is 13.7. The van der Waals surface area contributed by atoms with Crippen molar-refractivity contribution in [2.45, 2.75) is 44.9 Å². The van der Waals surface area contributed by atoms with Gasteiger partial charge in [0.25, 0.3) is 0 Å². The van der Waals surface area contributed by atoms with Crippen LogP contribution in [0.1, 0.15) is 38.2 Å². The minimum Gasteiger partial charge on any atom is -0.445 e. The number of hydrogen-bond acceptors (Lipinski definition) is 2. The van der Waals surface area contributed by atoms with Crippen LogP contribution in [0.2, 0.25) is 0 Å².